The van der Waals surface area contributed by atoms with Gasteiger partial charge >= 0.3 is 6.18 Å². The summed E-state index contributed by atoms with van der Waals surface area (Å²) in [5.74, 6) is 0.692. The molecule has 0 saturated carbocycles. The Labute approximate surface area is 141 Å². The van der Waals surface area contributed by atoms with E-state index in [1.807, 2.05) is 12.1 Å². The van der Waals surface area contributed by atoms with Gasteiger partial charge in [0.2, 0.25) is 0 Å². The minimum Gasteiger partial charge on any atom is -0.497 e. The van der Waals surface area contributed by atoms with Crippen LogP contribution in [0.2, 0.25) is 5.02 Å². The summed E-state index contributed by atoms with van der Waals surface area (Å²) in [6.45, 7) is -0.278. The van der Waals surface area contributed by atoms with Gasteiger partial charge in [-0.3, -0.25) is 4.68 Å². The van der Waals surface area contributed by atoms with Crippen LogP contribution in [-0.2, 0) is 6.54 Å². The third kappa shape index (κ3) is 3.33. The van der Waals surface area contributed by atoms with Crippen LogP contribution >= 0.6 is 11.6 Å². The predicted molar refractivity (Wildman–Crippen MR) is 87.4 cm³/mol. The number of hydrogen-bond donors (Lipinski definition) is 0. The van der Waals surface area contributed by atoms with Gasteiger partial charge in [-0.15, -0.1) is 0 Å². The van der Waals surface area contributed by atoms with Crippen LogP contribution in [-0.4, -0.2) is 23.1 Å². The molecule has 7 heteroatoms. The summed E-state index contributed by atoms with van der Waals surface area (Å²) in [7, 11) is 1.57. The molecular weight excluding hydrogens is 341 g/mol. The number of benzene rings is 2. The molecule has 0 N–H and O–H groups in total. The van der Waals surface area contributed by atoms with Crippen LogP contribution in [0.1, 0.15) is 6.42 Å². The molecule has 3 rings (SSSR count). The Morgan fingerprint density at radius 3 is 2.46 bits per heavy atom. The second-order valence-corrected chi connectivity index (χ2v) is 5.71. The smallest absolute Gasteiger partial charge is 0.390 e. The summed E-state index contributed by atoms with van der Waals surface area (Å²) in [5.41, 5.74) is 1.89. The number of halogens is 4. The number of alkyl halides is 3. The molecule has 1 heterocycles. The Morgan fingerprint density at radius 1 is 1.12 bits per heavy atom. The number of hydrogen-bond acceptors (Lipinski definition) is 2. The van der Waals surface area contributed by atoms with Gasteiger partial charge in [-0.2, -0.15) is 18.3 Å². The zero-order chi connectivity index (χ0) is 17.3. The molecule has 0 amide bonds. The molecule has 0 aliphatic carbocycles. The zero-order valence-corrected chi connectivity index (χ0v) is 13.5. The first-order valence-electron chi connectivity index (χ1n) is 7.25. The number of fused-ring (bicyclic) bond motifs is 1. The van der Waals surface area contributed by atoms with Crippen LogP contribution in [0, 0.1) is 0 Å². The SMILES string of the molecule is COc1ccc(-c2nn(CCC(F)(F)F)c3c(Cl)cccc23)cc1. The third-order valence-corrected chi connectivity index (χ3v) is 4.00. The number of ether oxygens (including phenoxy) is 1. The number of methoxy groups -OCH3 is 1. The first-order chi connectivity index (χ1) is 11.4. The Kier molecular flexibility index (Phi) is 4.41. The normalized spacial score (nSPS) is 11.9. The average Bonchev–Trinajstić information content (AvgIpc) is 2.93. The van der Waals surface area contributed by atoms with E-state index in [4.69, 9.17) is 16.3 Å². The van der Waals surface area contributed by atoms with Gasteiger partial charge in [0.15, 0.2) is 0 Å². The van der Waals surface area contributed by atoms with E-state index < -0.39 is 12.6 Å². The lowest BCUT2D eigenvalue weighted by atomic mass is 10.1. The van der Waals surface area contributed by atoms with E-state index in [1.54, 1.807) is 37.4 Å². The fourth-order valence-corrected chi connectivity index (χ4v) is 2.82. The molecule has 24 heavy (non-hydrogen) atoms. The van der Waals surface area contributed by atoms with Crippen molar-refractivity contribution in [1.82, 2.24) is 9.78 Å². The van der Waals surface area contributed by atoms with E-state index in [1.165, 1.54) is 4.68 Å². The Bertz CT molecular complexity index is 857. The molecule has 0 bridgehead atoms. The number of aryl methyl sites for hydroxylation is 1. The van der Waals surface area contributed by atoms with E-state index in [9.17, 15) is 13.2 Å². The topological polar surface area (TPSA) is 27.1 Å². The maximum Gasteiger partial charge on any atom is 0.390 e. The summed E-state index contributed by atoms with van der Waals surface area (Å²) < 4.78 is 44.1. The van der Waals surface area contributed by atoms with Crippen molar-refractivity contribution in [2.45, 2.75) is 19.1 Å². The fourth-order valence-electron chi connectivity index (χ4n) is 2.55. The van der Waals surface area contributed by atoms with Crippen LogP contribution in [0.15, 0.2) is 42.5 Å². The van der Waals surface area contributed by atoms with Crippen LogP contribution in [0.5, 0.6) is 5.75 Å². The molecule has 0 fully saturated rings. The fraction of sp³-hybridized carbons (Fsp3) is 0.235. The minimum absolute atomic E-state index is 0.278. The van der Waals surface area contributed by atoms with E-state index in [0.29, 0.717) is 22.0 Å². The van der Waals surface area contributed by atoms with Crippen molar-refractivity contribution < 1.29 is 17.9 Å². The van der Waals surface area contributed by atoms with Gasteiger partial charge in [0.05, 0.1) is 30.6 Å². The largest absolute Gasteiger partial charge is 0.497 e. The Morgan fingerprint density at radius 2 is 1.83 bits per heavy atom. The summed E-state index contributed by atoms with van der Waals surface area (Å²) in [5, 5.41) is 5.46. The third-order valence-electron chi connectivity index (χ3n) is 3.69. The molecule has 0 aliphatic heterocycles. The lowest BCUT2D eigenvalue weighted by Crippen LogP contribution is -2.13. The maximum absolute atomic E-state index is 12.6. The van der Waals surface area contributed by atoms with Crippen LogP contribution in [0.25, 0.3) is 22.2 Å². The first-order valence-corrected chi connectivity index (χ1v) is 7.63. The first kappa shape index (κ1) is 16.6. The summed E-state index contributed by atoms with van der Waals surface area (Å²) in [6.07, 6.45) is -5.21. The van der Waals surface area contributed by atoms with Gasteiger partial charge in [0.25, 0.3) is 0 Å². The quantitative estimate of drug-likeness (QED) is 0.634. The van der Waals surface area contributed by atoms with Crippen molar-refractivity contribution in [3.8, 4) is 17.0 Å². The van der Waals surface area contributed by atoms with Gasteiger partial charge in [-0.1, -0.05) is 23.7 Å². The van der Waals surface area contributed by atoms with Crippen LogP contribution in [0.3, 0.4) is 0 Å². The van der Waals surface area contributed by atoms with Gasteiger partial charge < -0.3 is 4.74 Å². The molecule has 1 aromatic heterocycles. The minimum atomic E-state index is -4.25. The molecule has 3 aromatic rings. The molecular formula is C17H14ClF3N2O. The highest BCUT2D eigenvalue weighted by atomic mass is 35.5. The highest BCUT2D eigenvalue weighted by Crippen LogP contribution is 2.33. The van der Waals surface area contributed by atoms with Crippen LogP contribution in [0.4, 0.5) is 13.2 Å². The molecule has 0 spiro atoms. The molecule has 0 atom stereocenters. The van der Waals surface area contributed by atoms with Crippen molar-refractivity contribution in [3.05, 3.63) is 47.5 Å². The lowest BCUT2D eigenvalue weighted by molar-refractivity contribution is -0.137. The van der Waals surface area contributed by atoms with Crippen molar-refractivity contribution in [1.29, 1.82) is 0 Å². The molecule has 2 aromatic carbocycles. The van der Waals surface area contributed by atoms with E-state index in [0.717, 1.165) is 10.9 Å². The standard InChI is InChI=1S/C17H14ClF3N2O/c1-24-12-7-5-11(6-8-12)15-13-3-2-4-14(18)16(13)23(22-15)10-9-17(19,20)21/h2-8H,9-10H2,1H3. The second kappa shape index (κ2) is 6.36. The molecule has 0 saturated heterocycles. The molecule has 0 unspecified atom stereocenters. The maximum atomic E-state index is 12.6. The van der Waals surface area contributed by atoms with Crippen molar-refractivity contribution >= 4 is 22.5 Å². The average molecular weight is 355 g/mol. The Hall–Kier alpha value is -2.21. The van der Waals surface area contributed by atoms with Gasteiger partial charge in [0.1, 0.15) is 11.4 Å². The summed E-state index contributed by atoms with van der Waals surface area (Å²) in [4.78, 5) is 0. The van der Waals surface area contributed by atoms with Gasteiger partial charge in [0, 0.05) is 10.9 Å². The number of aromatic nitrogens is 2. The number of nitrogens with zero attached hydrogens (tertiary/aromatic N) is 2. The predicted octanol–water partition coefficient (Wildman–Crippen LogP) is 5.32. The van der Waals surface area contributed by atoms with Crippen molar-refractivity contribution in [2.75, 3.05) is 7.11 Å². The molecule has 3 nitrogen and oxygen atoms in total. The van der Waals surface area contributed by atoms with Gasteiger partial charge in [-0.25, -0.2) is 0 Å². The summed E-state index contributed by atoms with van der Waals surface area (Å²) >= 11 is 6.20. The van der Waals surface area contributed by atoms with E-state index in [2.05, 4.69) is 5.10 Å². The van der Waals surface area contributed by atoms with Gasteiger partial charge in [-0.05, 0) is 30.3 Å². The molecule has 0 radical (unpaired) electrons. The Balaban J connectivity index is 2.09. The zero-order valence-electron chi connectivity index (χ0n) is 12.8. The highest BCUT2D eigenvalue weighted by molar-refractivity contribution is 6.35. The lowest BCUT2D eigenvalue weighted by Gasteiger charge is -2.07. The summed E-state index contributed by atoms with van der Waals surface area (Å²) in [6, 6.07) is 12.4. The van der Waals surface area contributed by atoms with Crippen LogP contribution < -0.4 is 4.74 Å². The van der Waals surface area contributed by atoms with E-state index in [-0.39, 0.29) is 6.54 Å². The molecule has 0 aliphatic rings. The van der Waals surface area contributed by atoms with Crippen molar-refractivity contribution in [3.63, 3.8) is 0 Å². The number of rotatable bonds is 4. The monoisotopic (exact) mass is 354 g/mol. The second-order valence-electron chi connectivity index (χ2n) is 5.30. The van der Waals surface area contributed by atoms with Crippen molar-refractivity contribution in [2.24, 2.45) is 0 Å². The molecule has 126 valence electrons. The number of para-hydroxylation sites is 1. The highest BCUT2D eigenvalue weighted by Gasteiger charge is 2.27. The van der Waals surface area contributed by atoms with E-state index >= 15 is 0 Å².